The maximum Gasteiger partial charge on any atom is 0.417 e. The van der Waals surface area contributed by atoms with E-state index in [0.717, 1.165) is 6.07 Å². The molecule has 0 aliphatic rings. The van der Waals surface area contributed by atoms with Crippen LogP contribution >= 0.6 is 27.5 Å². The summed E-state index contributed by atoms with van der Waals surface area (Å²) in [6, 6.07) is 3.64. The second-order valence-electron chi connectivity index (χ2n) is 3.11. The van der Waals surface area contributed by atoms with Gasteiger partial charge in [-0.25, -0.2) is 0 Å². The molecule has 0 amide bonds. The number of aromatic nitrogens is 1. The molecule has 1 aromatic carbocycles. The van der Waals surface area contributed by atoms with Gasteiger partial charge in [0.05, 0.1) is 16.1 Å². The quantitative estimate of drug-likeness (QED) is 0.689. The van der Waals surface area contributed by atoms with Gasteiger partial charge in [-0.3, -0.25) is 4.98 Å². The van der Waals surface area contributed by atoms with E-state index < -0.39 is 11.7 Å². The van der Waals surface area contributed by atoms with Crippen molar-refractivity contribution >= 4 is 38.4 Å². The van der Waals surface area contributed by atoms with E-state index in [0.29, 0.717) is 4.47 Å². The van der Waals surface area contributed by atoms with Gasteiger partial charge in [-0.15, -0.1) is 0 Å². The fourth-order valence-corrected chi connectivity index (χ4v) is 2.11. The molecule has 16 heavy (non-hydrogen) atoms. The molecule has 2 aromatic rings. The van der Waals surface area contributed by atoms with Crippen molar-refractivity contribution in [1.82, 2.24) is 4.98 Å². The number of fused-ring (bicyclic) bond motifs is 1. The standard InChI is InChI=1S/C10H4BrClF3N/c11-6-2-1-5(10(13,14)15)8-7(12)3-4-16-9(6)8/h1-4H. The molecule has 0 spiro atoms. The topological polar surface area (TPSA) is 12.9 Å². The van der Waals surface area contributed by atoms with Crippen molar-refractivity contribution in [3.63, 3.8) is 0 Å². The third-order valence-corrected chi connectivity index (χ3v) is 3.05. The number of rotatable bonds is 0. The van der Waals surface area contributed by atoms with Crippen molar-refractivity contribution in [2.75, 3.05) is 0 Å². The van der Waals surface area contributed by atoms with E-state index in [1.807, 2.05) is 0 Å². The molecule has 0 fully saturated rings. The van der Waals surface area contributed by atoms with Crippen LogP contribution in [0.5, 0.6) is 0 Å². The summed E-state index contributed by atoms with van der Waals surface area (Å²) in [5, 5.41) is -0.0373. The van der Waals surface area contributed by atoms with Crippen molar-refractivity contribution in [2.24, 2.45) is 0 Å². The molecule has 84 valence electrons. The fraction of sp³-hybridized carbons (Fsp3) is 0.100. The molecular weight excluding hydrogens is 306 g/mol. The van der Waals surface area contributed by atoms with Crippen LogP contribution in [-0.4, -0.2) is 4.98 Å². The molecule has 0 saturated carbocycles. The molecule has 0 N–H and O–H groups in total. The zero-order chi connectivity index (χ0) is 11.9. The van der Waals surface area contributed by atoms with E-state index in [1.54, 1.807) is 0 Å². The van der Waals surface area contributed by atoms with E-state index in [9.17, 15) is 13.2 Å². The molecule has 0 atom stereocenters. The van der Waals surface area contributed by atoms with Gasteiger partial charge >= 0.3 is 6.18 Å². The van der Waals surface area contributed by atoms with Gasteiger partial charge in [0, 0.05) is 16.1 Å². The molecule has 6 heteroatoms. The minimum absolute atomic E-state index is 0.0404. The Morgan fingerprint density at radius 2 is 1.88 bits per heavy atom. The molecule has 0 aliphatic heterocycles. The van der Waals surface area contributed by atoms with Crippen LogP contribution in [0.25, 0.3) is 10.9 Å². The molecule has 1 aromatic heterocycles. The second kappa shape index (κ2) is 3.89. The first-order valence-corrected chi connectivity index (χ1v) is 5.38. The minimum atomic E-state index is -4.44. The molecule has 0 unspecified atom stereocenters. The normalized spacial score (nSPS) is 12.1. The lowest BCUT2D eigenvalue weighted by Crippen LogP contribution is -2.06. The summed E-state index contributed by atoms with van der Waals surface area (Å²) in [7, 11) is 0. The highest BCUT2D eigenvalue weighted by Gasteiger charge is 2.33. The third kappa shape index (κ3) is 1.89. The Bertz CT molecular complexity index is 553. The van der Waals surface area contributed by atoms with Crippen LogP contribution in [-0.2, 0) is 6.18 Å². The number of alkyl halides is 3. The fourth-order valence-electron chi connectivity index (χ4n) is 1.43. The summed E-state index contributed by atoms with van der Waals surface area (Å²) in [6.45, 7) is 0. The first-order valence-electron chi connectivity index (χ1n) is 4.21. The maximum atomic E-state index is 12.7. The Hall–Kier alpha value is -0.810. The van der Waals surface area contributed by atoms with Crippen molar-refractivity contribution in [1.29, 1.82) is 0 Å². The summed E-state index contributed by atoms with van der Waals surface area (Å²) in [5.74, 6) is 0. The van der Waals surface area contributed by atoms with Gasteiger partial charge in [0.1, 0.15) is 0 Å². The van der Waals surface area contributed by atoms with Crippen LogP contribution in [0.15, 0.2) is 28.9 Å². The predicted molar refractivity (Wildman–Crippen MR) is 59.5 cm³/mol. The van der Waals surface area contributed by atoms with Crippen molar-refractivity contribution in [2.45, 2.75) is 6.18 Å². The van der Waals surface area contributed by atoms with Gasteiger partial charge in [0.15, 0.2) is 0 Å². The summed E-state index contributed by atoms with van der Waals surface area (Å²) in [4.78, 5) is 3.88. The van der Waals surface area contributed by atoms with Crippen molar-refractivity contribution in [3.8, 4) is 0 Å². The van der Waals surface area contributed by atoms with E-state index in [1.165, 1.54) is 18.3 Å². The SMILES string of the molecule is FC(F)(F)c1ccc(Br)c2nccc(Cl)c12. The number of hydrogen-bond donors (Lipinski definition) is 0. The molecular formula is C10H4BrClF3N. The lowest BCUT2D eigenvalue weighted by molar-refractivity contribution is -0.136. The second-order valence-corrected chi connectivity index (χ2v) is 4.37. The largest absolute Gasteiger partial charge is 0.417 e. The van der Waals surface area contributed by atoms with Crippen LogP contribution in [0.2, 0.25) is 5.02 Å². The predicted octanol–water partition coefficient (Wildman–Crippen LogP) is 4.67. The van der Waals surface area contributed by atoms with Gasteiger partial charge in [-0.05, 0) is 34.1 Å². The average Bonchev–Trinajstić information content (AvgIpc) is 2.18. The number of benzene rings is 1. The zero-order valence-corrected chi connectivity index (χ0v) is 9.99. The van der Waals surface area contributed by atoms with E-state index >= 15 is 0 Å². The first-order chi connectivity index (χ1) is 7.41. The Balaban J connectivity index is 2.92. The highest BCUT2D eigenvalue weighted by molar-refractivity contribution is 9.10. The molecule has 1 nitrogen and oxygen atoms in total. The van der Waals surface area contributed by atoms with Gasteiger partial charge in [0.2, 0.25) is 0 Å². The van der Waals surface area contributed by atoms with Crippen LogP contribution in [0.1, 0.15) is 5.56 Å². The smallest absolute Gasteiger partial charge is 0.255 e. The number of nitrogens with zero attached hydrogens (tertiary/aromatic N) is 1. The van der Waals surface area contributed by atoms with Crippen LogP contribution in [0, 0.1) is 0 Å². The van der Waals surface area contributed by atoms with Crippen molar-refractivity contribution in [3.05, 3.63) is 39.5 Å². The summed E-state index contributed by atoms with van der Waals surface area (Å²) in [5.41, 5.74) is -0.564. The Labute approximate surface area is 102 Å². The molecule has 2 rings (SSSR count). The molecule has 0 bridgehead atoms. The lowest BCUT2D eigenvalue weighted by atomic mass is 10.1. The van der Waals surface area contributed by atoms with E-state index in [2.05, 4.69) is 20.9 Å². The third-order valence-electron chi connectivity index (χ3n) is 2.10. The van der Waals surface area contributed by atoms with Gasteiger partial charge in [-0.2, -0.15) is 13.2 Å². The number of hydrogen-bond acceptors (Lipinski definition) is 1. The van der Waals surface area contributed by atoms with Gasteiger partial charge in [0.25, 0.3) is 0 Å². The number of pyridine rings is 1. The highest BCUT2D eigenvalue weighted by Crippen LogP contribution is 2.39. The maximum absolute atomic E-state index is 12.7. The Morgan fingerprint density at radius 1 is 1.19 bits per heavy atom. The summed E-state index contributed by atoms with van der Waals surface area (Å²) in [6.07, 6.45) is -3.07. The van der Waals surface area contributed by atoms with Crippen LogP contribution in [0.3, 0.4) is 0 Å². The Morgan fingerprint density at radius 3 is 2.50 bits per heavy atom. The minimum Gasteiger partial charge on any atom is -0.255 e. The molecule has 1 heterocycles. The average molecular weight is 311 g/mol. The highest BCUT2D eigenvalue weighted by atomic mass is 79.9. The van der Waals surface area contributed by atoms with Crippen molar-refractivity contribution < 1.29 is 13.2 Å². The van der Waals surface area contributed by atoms with Gasteiger partial charge in [-0.1, -0.05) is 11.6 Å². The first kappa shape index (κ1) is 11.7. The zero-order valence-electron chi connectivity index (χ0n) is 7.65. The molecule has 0 aliphatic carbocycles. The monoisotopic (exact) mass is 309 g/mol. The Kier molecular flexibility index (Phi) is 2.84. The molecule has 0 saturated heterocycles. The molecule has 0 radical (unpaired) electrons. The summed E-state index contributed by atoms with van der Waals surface area (Å²) < 4.78 is 38.7. The lowest BCUT2D eigenvalue weighted by Gasteiger charge is -2.11. The van der Waals surface area contributed by atoms with E-state index in [-0.39, 0.29) is 15.9 Å². The van der Waals surface area contributed by atoms with Crippen LogP contribution in [0.4, 0.5) is 13.2 Å². The summed E-state index contributed by atoms with van der Waals surface area (Å²) >= 11 is 8.92. The van der Waals surface area contributed by atoms with Gasteiger partial charge < -0.3 is 0 Å². The van der Waals surface area contributed by atoms with Crippen LogP contribution < -0.4 is 0 Å². The van der Waals surface area contributed by atoms with E-state index in [4.69, 9.17) is 11.6 Å². The number of halogens is 5.